The van der Waals surface area contributed by atoms with Crippen LogP contribution in [0.4, 0.5) is 5.82 Å². The highest BCUT2D eigenvalue weighted by atomic mass is 16.3. The fraction of sp³-hybridized carbons (Fsp3) is 0.571. The number of amides is 1. The third kappa shape index (κ3) is 5.26. The summed E-state index contributed by atoms with van der Waals surface area (Å²) in [4.78, 5) is 17.8. The molecular formula is C14H23N3O2. The highest BCUT2D eigenvalue weighted by Crippen LogP contribution is 2.10. The van der Waals surface area contributed by atoms with E-state index in [1.54, 1.807) is 39.2 Å². The van der Waals surface area contributed by atoms with Gasteiger partial charge in [0.2, 0.25) is 0 Å². The van der Waals surface area contributed by atoms with Crippen LogP contribution in [0.2, 0.25) is 0 Å². The number of aromatic nitrogens is 1. The van der Waals surface area contributed by atoms with Crippen molar-refractivity contribution in [1.82, 2.24) is 9.88 Å². The van der Waals surface area contributed by atoms with Crippen molar-refractivity contribution in [1.29, 1.82) is 0 Å². The predicted octanol–water partition coefficient (Wildman–Crippen LogP) is 1.75. The Hall–Kier alpha value is -1.62. The SMILES string of the molecule is CCCNc1ccc(C(=O)N(C)CC(C)(C)O)cn1. The first kappa shape index (κ1) is 15.4. The molecule has 106 valence electrons. The summed E-state index contributed by atoms with van der Waals surface area (Å²) >= 11 is 0. The molecule has 0 unspecified atom stereocenters. The number of carbonyl (C=O) groups excluding carboxylic acids is 1. The van der Waals surface area contributed by atoms with E-state index in [1.165, 1.54) is 4.90 Å². The largest absolute Gasteiger partial charge is 0.389 e. The highest BCUT2D eigenvalue weighted by Gasteiger charge is 2.20. The molecule has 0 aliphatic rings. The van der Waals surface area contributed by atoms with E-state index in [2.05, 4.69) is 17.2 Å². The number of nitrogens with zero attached hydrogens (tertiary/aromatic N) is 2. The lowest BCUT2D eigenvalue weighted by molar-refractivity contribution is 0.0367. The van der Waals surface area contributed by atoms with Gasteiger partial charge in [-0.15, -0.1) is 0 Å². The molecule has 1 aromatic rings. The molecule has 0 saturated heterocycles. The van der Waals surface area contributed by atoms with Gasteiger partial charge in [-0.05, 0) is 32.4 Å². The van der Waals surface area contributed by atoms with Gasteiger partial charge >= 0.3 is 0 Å². The Bertz CT molecular complexity index is 410. The van der Waals surface area contributed by atoms with Crippen LogP contribution in [0.25, 0.3) is 0 Å². The van der Waals surface area contributed by atoms with Crippen LogP contribution in [-0.2, 0) is 0 Å². The summed E-state index contributed by atoms with van der Waals surface area (Å²) in [6, 6.07) is 3.54. The number of pyridine rings is 1. The number of carbonyl (C=O) groups is 1. The molecule has 1 heterocycles. The number of hydrogen-bond donors (Lipinski definition) is 2. The molecular weight excluding hydrogens is 242 g/mol. The first-order valence-electron chi connectivity index (χ1n) is 6.51. The summed E-state index contributed by atoms with van der Waals surface area (Å²) in [5, 5.41) is 12.9. The van der Waals surface area contributed by atoms with E-state index in [1.807, 2.05) is 0 Å². The van der Waals surface area contributed by atoms with Crippen molar-refractivity contribution in [2.75, 3.05) is 25.5 Å². The van der Waals surface area contributed by atoms with E-state index in [0.717, 1.165) is 18.8 Å². The van der Waals surface area contributed by atoms with E-state index < -0.39 is 5.60 Å². The molecule has 5 heteroatoms. The number of rotatable bonds is 6. The number of anilines is 1. The van der Waals surface area contributed by atoms with Gasteiger partial charge in [-0.3, -0.25) is 4.79 Å². The minimum atomic E-state index is -0.902. The Labute approximate surface area is 114 Å². The molecule has 1 aromatic heterocycles. The van der Waals surface area contributed by atoms with Crippen LogP contribution in [0.5, 0.6) is 0 Å². The average molecular weight is 265 g/mol. The minimum absolute atomic E-state index is 0.142. The van der Waals surface area contributed by atoms with Crippen LogP contribution in [0.3, 0.4) is 0 Å². The van der Waals surface area contributed by atoms with E-state index in [0.29, 0.717) is 5.56 Å². The standard InChI is InChI=1S/C14H23N3O2/c1-5-8-15-12-7-6-11(9-16-12)13(18)17(4)10-14(2,3)19/h6-7,9,19H,5,8,10H2,1-4H3,(H,15,16). The number of nitrogens with one attached hydrogen (secondary N) is 1. The van der Waals surface area contributed by atoms with Crippen LogP contribution in [0.1, 0.15) is 37.6 Å². The fourth-order valence-electron chi connectivity index (χ4n) is 1.75. The quantitative estimate of drug-likeness (QED) is 0.822. The molecule has 0 aliphatic carbocycles. The van der Waals surface area contributed by atoms with Gasteiger partial charge in [0.25, 0.3) is 5.91 Å². The average Bonchev–Trinajstić information content (AvgIpc) is 2.34. The molecule has 0 bridgehead atoms. The molecule has 0 atom stereocenters. The molecule has 0 spiro atoms. The van der Waals surface area contributed by atoms with Crippen molar-refractivity contribution < 1.29 is 9.90 Å². The van der Waals surface area contributed by atoms with Gasteiger partial charge in [0.15, 0.2) is 0 Å². The topological polar surface area (TPSA) is 65.5 Å². The Morgan fingerprint density at radius 2 is 2.16 bits per heavy atom. The van der Waals surface area contributed by atoms with Gasteiger partial charge in [0.1, 0.15) is 5.82 Å². The summed E-state index contributed by atoms with van der Waals surface area (Å²) in [6.45, 7) is 6.57. The van der Waals surface area contributed by atoms with E-state index in [4.69, 9.17) is 0 Å². The number of hydrogen-bond acceptors (Lipinski definition) is 4. The third-order valence-corrected chi connectivity index (χ3v) is 2.54. The molecule has 1 amide bonds. The third-order valence-electron chi connectivity index (χ3n) is 2.54. The fourth-order valence-corrected chi connectivity index (χ4v) is 1.75. The van der Waals surface area contributed by atoms with Gasteiger partial charge in [-0.25, -0.2) is 4.98 Å². The summed E-state index contributed by atoms with van der Waals surface area (Å²) in [5.41, 5.74) is -0.380. The van der Waals surface area contributed by atoms with Gasteiger partial charge < -0.3 is 15.3 Å². The zero-order valence-corrected chi connectivity index (χ0v) is 12.1. The van der Waals surface area contributed by atoms with Gasteiger partial charge in [0, 0.05) is 26.3 Å². The predicted molar refractivity (Wildman–Crippen MR) is 76.3 cm³/mol. The zero-order chi connectivity index (χ0) is 14.5. The van der Waals surface area contributed by atoms with Crippen LogP contribution in [0, 0.1) is 0 Å². The molecule has 0 aromatic carbocycles. The van der Waals surface area contributed by atoms with Crippen LogP contribution < -0.4 is 5.32 Å². The van der Waals surface area contributed by atoms with E-state index in [9.17, 15) is 9.90 Å². The maximum Gasteiger partial charge on any atom is 0.255 e. The first-order valence-corrected chi connectivity index (χ1v) is 6.51. The Kier molecular flexibility index (Phi) is 5.30. The van der Waals surface area contributed by atoms with Gasteiger partial charge in [-0.1, -0.05) is 6.92 Å². The normalized spacial score (nSPS) is 11.2. The van der Waals surface area contributed by atoms with Crippen molar-refractivity contribution in [3.05, 3.63) is 23.9 Å². The Morgan fingerprint density at radius 1 is 1.47 bits per heavy atom. The second-order valence-electron chi connectivity index (χ2n) is 5.33. The van der Waals surface area contributed by atoms with Gasteiger partial charge in [-0.2, -0.15) is 0 Å². The molecule has 1 rings (SSSR count). The highest BCUT2D eigenvalue weighted by molar-refractivity contribution is 5.93. The summed E-state index contributed by atoms with van der Waals surface area (Å²) in [5.74, 6) is 0.625. The lowest BCUT2D eigenvalue weighted by atomic mass is 10.1. The van der Waals surface area contributed by atoms with Crippen molar-refractivity contribution >= 4 is 11.7 Å². The van der Waals surface area contributed by atoms with Crippen molar-refractivity contribution in [2.45, 2.75) is 32.8 Å². The molecule has 0 aliphatic heterocycles. The van der Waals surface area contributed by atoms with Crippen LogP contribution in [0.15, 0.2) is 18.3 Å². The van der Waals surface area contributed by atoms with Crippen LogP contribution in [-0.4, -0.2) is 46.6 Å². The first-order chi connectivity index (χ1) is 8.83. The Balaban J connectivity index is 2.67. The smallest absolute Gasteiger partial charge is 0.255 e. The molecule has 19 heavy (non-hydrogen) atoms. The molecule has 0 saturated carbocycles. The maximum absolute atomic E-state index is 12.1. The van der Waals surface area contributed by atoms with Crippen molar-refractivity contribution in [3.8, 4) is 0 Å². The molecule has 5 nitrogen and oxygen atoms in total. The van der Waals surface area contributed by atoms with Crippen molar-refractivity contribution in [3.63, 3.8) is 0 Å². The second kappa shape index (κ2) is 6.52. The van der Waals surface area contributed by atoms with Gasteiger partial charge in [0.05, 0.1) is 11.2 Å². The second-order valence-corrected chi connectivity index (χ2v) is 5.33. The maximum atomic E-state index is 12.1. The van der Waals surface area contributed by atoms with Crippen LogP contribution >= 0.6 is 0 Å². The van der Waals surface area contributed by atoms with E-state index in [-0.39, 0.29) is 12.5 Å². The Morgan fingerprint density at radius 3 is 2.63 bits per heavy atom. The lowest BCUT2D eigenvalue weighted by Crippen LogP contribution is -2.39. The number of likely N-dealkylation sites (N-methyl/N-ethyl adjacent to an activating group) is 1. The number of aliphatic hydroxyl groups is 1. The lowest BCUT2D eigenvalue weighted by Gasteiger charge is -2.25. The molecule has 0 radical (unpaired) electrons. The summed E-state index contributed by atoms with van der Waals surface area (Å²) < 4.78 is 0. The minimum Gasteiger partial charge on any atom is -0.389 e. The molecule has 2 N–H and O–H groups in total. The van der Waals surface area contributed by atoms with E-state index >= 15 is 0 Å². The monoisotopic (exact) mass is 265 g/mol. The van der Waals surface area contributed by atoms with Crippen molar-refractivity contribution in [2.24, 2.45) is 0 Å². The molecule has 0 fully saturated rings. The summed E-state index contributed by atoms with van der Waals surface area (Å²) in [7, 11) is 1.67. The zero-order valence-electron chi connectivity index (χ0n) is 12.1. The summed E-state index contributed by atoms with van der Waals surface area (Å²) in [6.07, 6.45) is 2.58.